The van der Waals surface area contributed by atoms with Gasteiger partial charge in [-0.15, -0.1) is 0 Å². The lowest BCUT2D eigenvalue weighted by atomic mass is 9.96. The highest BCUT2D eigenvalue weighted by atomic mass is 32.2. The predicted octanol–water partition coefficient (Wildman–Crippen LogP) is 4.89. The van der Waals surface area contributed by atoms with Crippen LogP contribution in [0, 0.1) is 5.92 Å². The minimum absolute atomic E-state index is 0.449. The molecule has 0 saturated carbocycles. The normalized spacial score (nSPS) is 16.3. The minimum atomic E-state index is 0.449. The quantitative estimate of drug-likeness (QED) is 0.727. The fourth-order valence-corrected chi connectivity index (χ4v) is 3.74. The summed E-state index contributed by atoms with van der Waals surface area (Å²) in [6.45, 7) is 12.5. The first kappa shape index (κ1) is 16.6. The molecule has 0 aliphatic heterocycles. The van der Waals surface area contributed by atoms with Crippen LogP contribution in [-0.4, -0.2) is 17.0 Å². The zero-order valence-corrected chi connectivity index (χ0v) is 13.8. The third-order valence-electron chi connectivity index (χ3n) is 3.53. The summed E-state index contributed by atoms with van der Waals surface area (Å²) in [7, 11) is 0. The maximum Gasteiger partial charge on any atom is 0.0443 e. The Bertz CT molecular complexity index is 336. The van der Waals surface area contributed by atoms with Crippen LogP contribution in [0.4, 0.5) is 0 Å². The summed E-state index contributed by atoms with van der Waals surface area (Å²) >= 11 is 2.13. The van der Waals surface area contributed by atoms with Gasteiger partial charge in [0.2, 0.25) is 0 Å². The molecule has 108 valence electrons. The highest BCUT2D eigenvalue weighted by molar-refractivity contribution is 8.00. The Labute approximate surface area is 123 Å². The molecule has 1 aromatic carbocycles. The van der Waals surface area contributed by atoms with Gasteiger partial charge in [0.05, 0.1) is 0 Å². The maximum atomic E-state index is 3.69. The molecule has 0 saturated heterocycles. The van der Waals surface area contributed by atoms with Crippen molar-refractivity contribution >= 4 is 11.8 Å². The molecule has 0 heterocycles. The molecular weight excluding hydrogens is 250 g/mol. The average molecular weight is 279 g/mol. The molecule has 2 heteroatoms. The number of hydrogen-bond donors (Lipinski definition) is 1. The van der Waals surface area contributed by atoms with E-state index in [-0.39, 0.29) is 0 Å². The fraction of sp³-hybridized carbons (Fsp3) is 0.647. The number of nitrogens with one attached hydrogen (secondary N) is 1. The van der Waals surface area contributed by atoms with Gasteiger partial charge in [-0.05, 0) is 24.4 Å². The highest BCUT2D eigenvalue weighted by Crippen LogP contribution is 2.35. The molecule has 1 aromatic rings. The minimum Gasteiger partial charge on any atom is -0.309 e. The molecule has 1 nitrogen and oxygen atoms in total. The molecule has 0 bridgehead atoms. The summed E-state index contributed by atoms with van der Waals surface area (Å²) in [5.74, 6) is 0.670. The van der Waals surface area contributed by atoms with Crippen molar-refractivity contribution in [2.45, 2.75) is 57.6 Å². The van der Waals surface area contributed by atoms with Gasteiger partial charge in [-0.3, -0.25) is 0 Å². The SMILES string of the molecule is CCNC(c1ccccc1)C(SC(C)CC)C(C)C. The maximum absolute atomic E-state index is 3.69. The number of benzene rings is 1. The van der Waals surface area contributed by atoms with Crippen LogP contribution < -0.4 is 5.32 Å². The van der Waals surface area contributed by atoms with Crippen molar-refractivity contribution in [1.29, 1.82) is 0 Å². The summed E-state index contributed by atoms with van der Waals surface area (Å²) in [5.41, 5.74) is 1.42. The van der Waals surface area contributed by atoms with Crippen molar-refractivity contribution in [3.05, 3.63) is 35.9 Å². The summed E-state index contributed by atoms with van der Waals surface area (Å²) in [4.78, 5) is 0. The predicted molar refractivity (Wildman–Crippen MR) is 88.8 cm³/mol. The molecule has 3 atom stereocenters. The van der Waals surface area contributed by atoms with Crippen LogP contribution in [0.1, 0.15) is 52.6 Å². The van der Waals surface area contributed by atoms with Gasteiger partial charge in [-0.25, -0.2) is 0 Å². The molecule has 3 unspecified atom stereocenters. The van der Waals surface area contributed by atoms with Crippen molar-refractivity contribution in [3.63, 3.8) is 0 Å². The van der Waals surface area contributed by atoms with Crippen LogP contribution in [-0.2, 0) is 0 Å². The number of rotatable bonds is 8. The van der Waals surface area contributed by atoms with Gasteiger partial charge < -0.3 is 5.32 Å². The molecule has 0 aromatic heterocycles. The van der Waals surface area contributed by atoms with E-state index in [1.807, 2.05) is 0 Å². The van der Waals surface area contributed by atoms with E-state index in [1.54, 1.807) is 0 Å². The molecule has 0 amide bonds. The molecule has 1 rings (SSSR count). The van der Waals surface area contributed by atoms with Crippen molar-refractivity contribution < 1.29 is 0 Å². The third-order valence-corrected chi connectivity index (χ3v) is 5.46. The van der Waals surface area contributed by atoms with E-state index in [0.29, 0.717) is 17.2 Å². The lowest BCUT2D eigenvalue weighted by molar-refractivity contribution is 0.452. The van der Waals surface area contributed by atoms with Crippen molar-refractivity contribution in [3.8, 4) is 0 Å². The number of hydrogen-bond acceptors (Lipinski definition) is 2. The lowest BCUT2D eigenvalue weighted by Crippen LogP contribution is -2.34. The molecule has 0 aliphatic carbocycles. The second-order valence-corrected chi connectivity index (χ2v) is 7.13. The zero-order chi connectivity index (χ0) is 14.3. The van der Waals surface area contributed by atoms with E-state index in [9.17, 15) is 0 Å². The van der Waals surface area contributed by atoms with Crippen molar-refractivity contribution in [2.75, 3.05) is 6.54 Å². The Morgan fingerprint density at radius 1 is 1.05 bits per heavy atom. The monoisotopic (exact) mass is 279 g/mol. The van der Waals surface area contributed by atoms with Crippen LogP contribution in [0.2, 0.25) is 0 Å². The molecule has 0 spiro atoms. The average Bonchev–Trinajstić information content (AvgIpc) is 2.43. The standard InChI is InChI=1S/C17H29NS/c1-6-14(5)19-17(13(3)4)16(18-7-2)15-11-9-8-10-12-15/h8-14,16-18H,6-7H2,1-5H3. The lowest BCUT2D eigenvalue weighted by Gasteiger charge is -2.32. The smallest absolute Gasteiger partial charge is 0.0443 e. The Morgan fingerprint density at radius 2 is 1.68 bits per heavy atom. The van der Waals surface area contributed by atoms with E-state index in [1.165, 1.54) is 12.0 Å². The first-order valence-corrected chi connectivity index (χ1v) is 8.48. The third kappa shape index (κ3) is 5.19. The first-order chi connectivity index (χ1) is 9.10. The Kier molecular flexibility index (Phi) is 7.55. The van der Waals surface area contributed by atoms with Gasteiger partial charge in [0.25, 0.3) is 0 Å². The van der Waals surface area contributed by atoms with Crippen LogP contribution in [0.5, 0.6) is 0 Å². The second-order valence-electron chi connectivity index (χ2n) is 5.51. The van der Waals surface area contributed by atoms with Gasteiger partial charge >= 0.3 is 0 Å². The molecule has 19 heavy (non-hydrogen) atoms. The van der Waals surface area contributed by atoms with Crippen LogP contribution >= 0.6 is 11.8 Å². The molecular formula is C17H29NS. The summed E-state index contributed by atoms with van der Waals surface area (Å²) in [5, 5.41) is 5.03. The molecule has 1 N–H and O–H groups in total. The van der Waals surface area contributed by atoms with Gasteiger partial charge in [-0.1, -0.05) is 65.0 Å². The van der Waals surface area contributed by atoms with Gasteiger partial charge in [0, 0.05) is 16.5 Å². The number of thioether (sulfide) groups is 1. The van der Waals surface area contributed by atoms with E-state index in [0.717, 1.165) is 11.8 Å². The van der Waals surface area contributed by atoms with Gasteiger partial charge in [0.15, 0.2) is 0 Å². The second kappa shape index (κ2) is 8.65. The van der Waals surface area contributed by atoms with E-state index in [4.69, 9.17) is 0 Å². The molecule has 0 radical (unpaired) electrons. The fourth-order valence-electron chi connectivity index (χ4n) is 2.29. The van der Waals surface area contributed by atoms with E-state index in [2.05, 4.69) is 82.0 Å². The van der Waals surface area contributed by atoms with Crippen molar-refractivity contribution in [2.24, 2.45) is 5.92 Å². The van der Waals surface area contributed by atoms with Crippen LogP contribution in [0.15, 0.2) is 30.3 Å². The first-order valence-electron chi connectivity index (χ1n) is 7.53. The summed E-state index contributed by atoms with van der Waals surface area (Å²) in [6.07, 6.45) is 1.24. The van der Waals surface area contributed by atoms with Gasteiger partial charge in [-0.2, -0.15) is 11.8 Å². The zero-order valence-electron chi connectivity index (χ0n) is 13.0. The van der Waals surface area contributed by atoms with Gasteiger partial charge in [0.1, 0.15) is 0 Å². The van der Waals surface area contributed by atoms with E-state index < -0.39 is 0 Å². The van der Waals surface area contributed by atoms with Crippen LogP contribution in [0.25, 0.3) is 0 Å². The topological polar surface area (TPSA) is 12.0 Å². The van der Waals surface area contributed by atoms with Crippen molar-refractivity contribution in [1.82, 2.24) is 5.32 Å². The summed E-state index contributed by atoms with van der Waals surface area (Å²) < 4.78 is 0. The Balaban J connectivity index is 2.92. The molecule has 0 fully saturated rings. The molecule has 0 aliphatic rings. The largest absolute Gasteiger partial charge is 0.309 e. The Morgan fingerprint density at radius 3 is 2.16 bits per heavy atom. The van der Waals surface area contributed by atoms with E-state index >= 15 is 0 Å². The highest BCUT2D eigenvalue weighted by Gasteiger charge is 2.27. The Hall–Kier alpha value is -0.470. The summed E-state index contributed by atoms with van der Waals surface area (Å²) in [6, 6.07) is 11.3. The van der Waals surface area contributed by atoms with Crippen LogP contribution in [0.3, 0.4) is 0 Å².